The summed E-state index contributed by atoms with van der Waals surface area (Å²) in [4.78, 5) is 2.01. The Morgan fingerprint density at radius 1 is 1.12 bits per heavy atom. The van der Waals surface area contributed by atoms with E-state index < -0.39 is 19.8 Å². The van der Waals surface area contributed by atoms with E-state index in [0.29, 0.717) is 0 Å². The molecule has 0 radical (unpaired) electrons. The summed E-state index contributed by atoms with van der Waals surface area (Å²) in [5.41, 5.74) is 0.894. The Morgan fingerprint density at radius 2 is 1.65 bits per heavy atom. The van der Waals surface area contributed by atoms with Gasteiger partial charge < -0.3 is 4.90 Å². The van der Waals surface area contributed by atoms with E-state index in [1.165, 1.54) is 0 Å². The highest BCUT2D eigenvalue weighted by molar-refractivity contribution is 7.94. The molecule has 0 N–H and O–H groups in total. The number of nitrogens with zero attached hydrogens (tertiary/aromatic N) is 1. The minimum Gasteiger partial charge on any atom is -0.303 e. The molecule has 0 spiro atoms. The van der Waals surface area contributed by atoms with E-state index in [2.05, 4.69) is 0 Å². The van der Waals surface area contributed by atoms with Crippen molar-refractivity contribution >= 4 is 9.84 Å². The maximum atomic E-state index is 12.4. The van der Waals surface area contributed by atoms with Crippen LogP contribution >= 0.6 is 0 Å². The lowest BCUT2D eigenvalue weighted by Gasteiger charge is -2.53. The zero-order chi connectivity index (χ0) is 12.8. The van der Waals surface area contributed by atoms with Gasteiger partial charge in [0.25, 0.3) is 0 Å². The van der Waals surface area contributed by atoms with Crippen molar-refractivity contribution in [2.75, 3.05) is 14.1 Å². The van der Waals surface area contributed by atoms with Crippen molar-refractivity contribution in [3.8, 4) is 0 Å². The Hall–Kier alpha value is -0.870. The third-order valence-electron chi connectivity index (χ3n) is 3.75. The second-order valence-electron chi connectivity index (χ2n) is 5.39. The van der Waals surface area contributed by atoms with Crippen LogP contribution in [0.5, 0.6) is 0 Å². The molecule has 0 saturated carbocycles. The summed E-state index contributed by atoms with van der Waals surface area (Å²) in [5, 5.41) is -0.395. The normalized spacial score (nSPS) is 29.9. The fraction of sp³-hybridized carbons (Fsp3) is 0.538. The Labute approximate surface area is 103 Å². The van der Waals surface area contributed by atoms with Crippen molar-refractivity contribution in [3.63, 3.8) is 0 Å². The molecule has 0 aromatic heterocycles. The van der Waals surface area contributed by atoms with Gasteiger partial charge >= 0.3 is 0 Å². The molecule has 1 heterocycles. The molecule has 1 aliphatic rings. The topological polar surface area (TPSA) is 37.4 Å². The zero-order valence-corrected chi connectivity index (χ0v) is 11.5. The third-order valence-corrected chi connectivity index (χ3v) is 6.66. The summed E-state index contributed by atoms with van der Waals surface area (Å²) >= 11 is 0. The molecule has 1 fully saturated rings. The van der Waals surface area contributed by atoms with Gasteiger partial charge in [0.1, 0.15) is 5.25 Å². The van der Waals surface area contributed by atoms with Crippen molar-refractivity contribution in [1.29, 1.82) is 0 Å². The van der Waals surface area contributed by atoms with Crippen LogP contribution in [0.2, 0.25) is 0 Å². The number of hydrogen-bond acceptors (Lipinski definition) is 3. The van der Waals surface area contributed by atoms with Gasteiger partial charge in [0.05, 0.1) is 4.75 Å². The van der Waals surface area contributed by atoms with E-state index in [1.807, 2.05) is 63.2 Å². The van der Waals surface area contributed by atoms with Gasteiger partial charge in [0.2, 0.25) is 0 Å². The van der Waals surface area contributed by atoms with Crippen LogP contribution in [0.3, 0.4) is 0 Å². The van der Waals surface area contributed by atoms with Gasteiger partial charge in [0.15, 0.2) is 9.84 Å². The van der Waals surface area contributed by atoms with Gasteiger partial charge in [-0.05, 0) is 33.5 Å². The lowest BCUT2D eigenvalue weighted by atomic mass is 9.92. The van der Waals surface area contributed by atoms with Gasteiger partial charge in [-0.15, -0.1) is 0 Å². The monoisotopic (exact) mass is 253 g/mol. The van der Waals surface area contributed by atoms with Crippen LogP contribution in [-0.2, 0) is 9.84 Å². The van der Waals surface area contributed by atoms with E-state index >= 15 is 0 Å². The van der Waals surface area contributed by atoms with Gasteiger partial charge in [-0.25, -0.2) is 8.42 Å². The Kier molecular flexibility index (Phi) is 2.83. The highest BCUT2D eigenvalue weighted by Gasteiger charge is 2.62. The molecule has 2 atom stereocenters. The maximum Gasteiger partial charge on any atom is 0.165 e. The smallest absolute Gasteiger partial charge is 0.165 e. The fourth-order valence-electron chi connectivity index (χ4n) is 2.85. The molecule has 3 nitrogen and oxygen atoms in total. The maximum absolute atomic E-state index is 12.4. The first-order chi connectivity index (χ1) is 7.80. The fourth-order valence-corrected chi connectivity index (χ4v) is 5.41. The molecule has 1 saturated heterocycles. The Bertz CT molecular complexity index is 505. The van der Waals surface area contributed by atoms with Gasteiger partial charge in [-0.2, -0.15) is 0 Å². The van der Waals surface area contributed by atoms with E-state index in [0.717, 1.165) is 5.56 Å². The summed E-state index contributed by atoms with van der Waals surface area (Å²) < 4.78 is 24.0. The highest BCUT2D eigenvalue weighted by atomic mass is 32.2. The van der Waals surface area contributed by atoms with Crippen LogP contribution < -0.4 is 0 Å². The van der Waals surface area contributed by atoms with Crippen molar-refractivity contribution in [2.45, 2.75) is 29.9 Å². The zero-order valence-electron chi connectivity index (χ0n) is 10.7. The molecule has 0 amide bonds. The number of sulfone groups is 1. The van der Waals surface area contributed by atoms with Crippen LogP contribution in [-0.4, -0.2) is 38.2 Å². The molecule has 0 bridgehead atoms. The second-order valence-corrected chi connectivity index (χ2v) is 8.04. The third kappa shape index (κ3) is 1.62. The standard InChI is InChI=1S/C13H19NO2S/c1-13(2)12(14(3)4)11(17(13,15)16)10-8-6-5-7-9-10/h5-9,11-12H,1-4H3/t11-,12+/m1/s1. The molecule has 1 aromatic carbocycles. The molecule has 17 heavy (non-hydrogen) atoms. The minimum absolute atomic E-state index is 0.0369. The number of benzene rings is 1. The first-order valence-electron chi connectivity index (χ1n) is 5.75. The van der Waals surface area contributed by atoms with Gasteiger partial charge in [0, 0.05) is 6.04 Å². The van der Waals surface area contributed by atoms with Crippen molar-refractivity contribution in [2.24, 2.45) is 0 Å². The van der Waals surface area contributed by atoms with Crippen LogP contribution in [0, 0.1) is 0 Å². The average Bonchev–Trinajstić information content (AvgIpc) is 2.25. The predicted octanol–water partition coefficient (Wildman–Crippen LogP) is 1.86. The van der Waals surface area contributed by atoms with E-state index in [-0.39, 0.29) is 6.04 Å². The van der Waals surface area contributed by atoms with Crippen LogP contribution in [0.15, 0.2) is 30.3 Å². The molecular weight excluding hydrogens is 234 g/mol. The van der Waals surface area contributed by atoms with Crippen molar-refractivity contribution < 1.29 is 8.42 Å². The predicted molar refractivity (Wildman–Crippen MR) is 69.7 cm³/mol. The summed E-state index contributed by atoms with van der Waals surface area (Å²) in [5.74, 6) is 0. The van der Waals surface area contributed by atoms with Crippen molar-refractivity contribution in [3.05, 3.63) is 35.9 Å². The first-order valence-corrected chi connectivity index (χ1v) is 7.29. The molecule has 94 valence electrons. The first kappa shape index (κ1) is 12.6. The summed E-state index contributed by atoms with van der Waals surface area (Å²) in [7, 11) is 0.794. The molecule has 1 aliphatic heterocycles. The molecule has 1 aromatic rings. The van der Waals surface area contributed by atoms with Gasteiger partial charge in [-0.1, -0.05) is 30.3 Å². The lowest BCUT2D eigenvalue weighted by molar-refractivity contribution is 0.200. The van der Waals surface area contributed by atoms with Gasteiger partial charge in [-0.3, -0.25) is 0 Å². The average molecular weight is 253 g/mol. The molecule has 2 rings (SSSR count). The van der Waals surface area contributed by atoms with Crippen LogP contribution in [0.1, 0.15) is 24.7 Å². The van der Waals surface area contributed by atoms with Crippen LogP contribution in [0.25, 0.3) is 0 Å². The summed E-state index contributed by atoms with van der Waals surface area (Å²) in [6, 6.07) is 9.52. The molecular formula is C13H19NO2S. The molecule has 4 heteroatoms. The van der Waals surface area contributed by atoms with Crippen molar-refractivity contribution in [1.82, 2.24) is 4.90 Å². The SMILES string of the molecule is CN(C)[C@H]1[C@@H](c2ccccc2)S(=O)(=O)C1(C)C. The minimum atomic E-state index is -3.09. The number of hydrogen-bond donors (Lipinski definition) is 0. The Morgan fingerprint density at radius 3 is 2.12 bits per heavy atom. The second kappa shape index (κ2) is 3.82. The quantitative estimate of drug-likeness (QED) is 0.807. The lowest BCUT2D eigenvalue weighted by Crippen LogP contribution is -2.66. The van der Waals surface area contributed by atoms with E-state index in [9.17, 15) is 8.42 Å². The largest absolute Gasteiger partial charge is 0.303 e. The molecule has 0 aliphatic carbocycles. The summed E-state index contributed by atoms with van der Waals surface area (Å²) in [6.45, 7) is 3.62. The highest BCUT2D eigenvalue weighted by Crippen LogP contribution is 2.51. The van der Waals surface area contributed by atoms with E-state index in [1.54, 1.807) is 0 Å². The number of rotatable bonds is 2. The van der Waals surface area contributed by atoms with Crippen LogP contribution in [0.4, 0.5) is 0 Å². The summed E-state index contributed by atoms with van der Waals surface area (Å²) in [6.07, 6.45) is 0. The number of likely N-dealkylation sites (N-methyl/N-ethyl adjacent to an activating group) is 1. The van der Waals surface area contributed by atoms with E-state index in [4.69, 9.17) is 0 Å². The molecule has 0 unspecified atom stereocenters. The Balaban J connectivity index is 2.48.